The fraction of sp³-hybridized carbons (Fsp3) is 0.120. The summed E-state index contributed by atoms with van der Waals surface area (Å²) in [5.41, 5.74) is 18.1. The molecule has 8 aromatic rings. The van der Waals surface area contributed by atoms with Gasteiger partial charge in [-0.1, -0.05) is 77.9 Å². The minimum absolute atomic E-state index is 0.205. The molecular weight excluding hydrogens is 645 g/mol. The number of para-hydroxylation sites is 2. The number of benzene rings is 6. The van der Waals surface area contributed by atoms with E-state index < -0.39 is 0 Å². The van der Waals surface area contributed by atoms with Crippen molar-refractivity contribution in [3.63, 3.8) is 0 Å². The highest BCUT2D eigenvalue weighted by Crippen LogP contribution is 2.49. The van der Waals surface area contributed by atoms with Crippen LogP contribution in [0.1, 0.15) is 57.8 Å². The lowest BCUT2D eigenvalue weighted by atomic mass is 9.83. The Morgan fingerprint density at radius 1 is 0.547 bits per heavy atom. The molecule has 0 saturated carbocycles. The Kier molecular flexibility index (Phi) is 6.63. The van der Waals surface area contributed by atoms with Gasteiger partial charge < -0.3 is 13.9 Å². The first-order valence-corrected chi connectivity index (χ1v) is 18.8. The normalized spacial score (nSPS) is 16.2. The van der Waals surface area contributed by atoms with Crippen LogP contribution in [0.15, 0.2) is 151 Å². The summed E-state index contributed by atoms with van der Waals surface area (Å²) in [7, 11) is 0. The van der Waals surface area contributed by atoms with Crippen molar-refractivity contribution in [3.05, 3.63) is 190 Å². The standard InChI is InChI=1S/C50H38N2O/c1-31-13-19-45-39(25-31)41-27-33(15-21-47(41)51(45)37-9-5-3-6-10-37)35-17-23-49-43(29-35)44-30-36(18-24-50(44)53-49)34-16-22-48-42(28-34)40-26-32(2)14-20-46(40)52(48)38-11-7-4-8-12-38/h3-15,17-21,23-28,30,43H,16,22,29H2,1-2H3. The quantitative estimate of drug-likeness (QED) is 0.181. The minimum Gasteiger partial charge on any atom is -0.461 e. The van der Waals surface area contributed by atoms with E-state index in [1.54, 1.807) is 0 Å². The lowest BCUT2D eigenvalue weighted by Gasteiger charge is -2.20. The van der Waals surface area contributed by atoms with Crippen molar-refractivity contribution < 1.29 is 4.74 Å². The molecule has 53 heavy (non-hydrogen) atoms. The van der Waals surface area contributed by atoms with Gasteiger partial charge in [0.15, 0.2) is 0 Å². The molecule has 0 amide bonds. The minimum atomic E-state index is 0.205. The zero-order chi connectivity index (χ0) is 35.2. The molecule has 0 N–H and O–H groups in total. The van der Waals surface area contributed by atoms with E-state index in [4.69, 9.17) is 4.74 Å². The highest BCUT2D eigenvalue weighted by Gasteiger charge is 2.33. The molecule has 3 aliphatic rings. The number of allylic oxidation sites excluding steroid dienone is 5. The van der Waals surface area contributed by atoms with Crippen molar-refractivity contribution in [2.45, 2.75) is 39.0 Å². The van der Waals surface area contributed by atoms with Gasteiger partial charge >= 0.3 is 0 Å². The van der Waals surface area contributed by atoms with E-state index in [9.17, 15) is 0 Å². The molecule has 3 heteroatoms. The number of aromatic nitrogens is 2. The van der Waals surface area contributed by atoms with E-state index >= 15 is 0 Å². The van der Waals surface area contributed by atoms with Crippen molar-refractivity contribution in [3.8, 4) is 17.1 Å². The Morgan fingerprint density at radius 3 is 1.92 bits per heavy atom. The maximum atomic E-state index is 6.50. The summed E-state index contributed by atoms with van der Waals surface area (Å²) in [5.74, 6) is 2.25. The zero-order valence-electron chi connectivity index (χ0n) is 29.9. The molecule has 3 heterocycles. The Balaban J connectivity index is 0.957. The highest BCUT2D eigenvalue weighted by atomic mass is 16.5. The van der Waals surface area contributed by atoms with E-state index in [-0.39, 0.29) is 5.92 Å². The summed E-state index contributed by atoms with van der Waals surface area (Å²) >= 11 is 0. The van der Waals surface area contributed by atoms with Crippen LogP contribution in [0.3, 0.4) is 0 Å². The van der Waals surface area contributed by atoms with Crippen LogP contribution in [0, 0.1) is 13.8 Å². The summed E-state index contributed by atoms with van der Waals surface area (Å²) in [6.07, 6.45) is 9.86. The molecule has 6 aromatic carbocycles. The molecular formula is C50H38N2O. The number of ether oxygens (including phenoxy) is 1. The predicted molar refractivity (Wildman–Crippen MR) is 220 cm³/mol. The second kappa shape index (κ2) is 11.6. The van der Waals surface area contributed by atoms with Crippen LogP contribution in [-0.2, 0) is 6.42 Å². The van der Waals surface area contributed by atoms with Crippen molar-refractivity contribution in [1.82, 2.24) is 9.13 Å². The number of hydrogen-bond acceptors (Lipinski definition) is 1. The molecule has 2 aliphatic carbocycles. The Bertz CT molecular complexity index is 2900. The van der Waals surface area contributed by atoms with Crippen molar-refractivity contribution in [2.75, 3.05) is 0 Å². The van der Waals surface area contributed by atoms with Crippen LogP contribution in [0.2, 0.25) is 0 Å². The number of hydrogen-bond donors (Lipinski definition) is 0. The largest absolute Gasteiger partial charge is 0.461 e. The smallest absolute Gasteiger partial charge is 0.130 e. The average Bonchev–Trinajstić information content (AvgIpc) is 3.84. The van der Waals surface area contributed by atoms with Crippen molar-refractivity contribution in [2.24, 2.45) is 0 Å². The first-order chi connectivity index (χ1) is 26.1. The van der Waals surface area contributed by atoms with Gasteiger partial charge in [-0.25, -0.2) is 0 Å². The first kappa shape index (κ1) is 30.3. The van der Waals surface area contributed by atoms with Crippen LogP contribution in [-0.4, -0.2) is 9.13 Å². The second-order valence-electron chi connectivity index (χ2n) is 15.0. The molecule has 0 radical (unpaired) electrons. The van der Waals surface area contributed by atoms with Crippen molar-refractivity contribution in [1.29, 1.82) is 0 Å². The van der Waals surface area contributed by atoms with Gasteiger partial charge in [-0.05, 0) is 140 Å². The highest BCUT2D eigenvalue weighted by molar-refractivity contribution is 6.10. The lowest BCUT2D eigenvalue weighted by Crippen LogP contribution is -2.06. The lowest BCUT2D eigenvalue weighted by molar-refractivity contribution is 0.426. The Labute approximate surface area is 309 Å². The van der Waals surface area contributed by atoms with Gasteiger partial charge in [0.05, 0.1) is 16.6 Å². The van der Waals surface area contributed by atoms with Gasteiger partial charge in [-0.3, -0.25) is 0 Å². The van der Waals surface area contributed by atoms with Gasteiger partial charge in [0.1, 0.15) is 11.5 Å². The van der Waals surface area contributed by atoms with Gasteiger partial charge in [0, 0.05) is 50.3 Å². The maximum absolute atomic E-state index is 6.50. The van der Waals surface area contributed by atoms with Gasteiger partial charge in [-0.15, -0.1) is 0 Å². The van der Waals surface area contributed by atoms with Crippen LogP contribution in [0.25, 0.3) is 61.3 Å². The second-order valence-corrected chi connectivity index (χ2v) is 15.0. The van der Waals surface area contributed by atoms with Gasteiger partial charge in [-0.2, -0.15) is 0 Å². The Morgan fingerprint density at radius 2 is 1.17 bits per heavy atom. The van der Waals surface area contributed by atoms with Crippen molar-refractivity contribution >= 4 is 49.9 Å². The Hall–Kier alpha value is -6.32. The molecule has 0 fully saturated rings. The van der Waals surface area contributed by atoms with E-state index in [0.29, 0.717) is 0 Å². The summed E-state index contributed by atoms with van der Waals surface area (Å²) in [6, 6.07) is 49.1. The monoisotopic (exact) mass is 682 g/mol. The van der Waals surface area contributed by atoms with E-state index in [1.807, 2.05) is 0 Å². The summed E-state index contributed by atoms with van der Waals surface area (Å²) in [6.45, 7) is 4.38. The molecule has 1 unspecified atom stereocenters. The third-order valence-electron chi connectivity index (χ3n) is 11.7. The zero-order valence-corrected chi connectivity index (χ0v) is 29.9. The van der Waals surface area contributed by atoms with E-state index in [1.165, 1.54) is 94.3 Å². The molecule has 0 bridgehead atoms. The number of fused-ring (bicyclic) bond motifs is 9. The van der Waals surface area contributed by atoms with Crippen LogP contribution in [0.5, 0.6) is 5.75 Å². The molecule has 1 aliphatic heterocycles. The molecule has 0 spiro atoms. The van der Waals surface area contributed by atoms with Crippen LogP contribution < -0.4 is 4.74 Å². The molecule has 1 atom stereocenters. The molecule has 3 nitrogen and oxygen atoms in total. The number of nitrogens with zero attached hydrogens (tertiary/aromatic N) is 2. The van der Waals surface area contributed by atoms with E-state index in [2.05, 4.69) is 175 Å². The van der Waals surface area contributed by atoms with Crippen LogP contribution >= 0.6 is 0 Å². The summed E-state index contributed by atoms with van der Waals surface area (Å²) in [4.78, 5) is 0. The predicted octanol–water partition coefficient (Wildman–Crippen LogP) is 12.7. The number of aryl methyl sites for hydroxylation is 2. The van der Waals surface area contributed by atoms with E-state index in [0.717, 1.165) is 30.8 Å². The van der Waals surface area contributed by atoms with Crippen LogP contribution in [0.4, 0.5) is 0 Å². The molecule has 2 aromatic heterocycles. The first-order valence-electron chi connectivity index (χ1n) is 18.8. The fourth-order valence-corrected chi connectivity index (χ4v) is 9.19. The third-order valence-corrected chi connectivity index (χ3v) is 11.7. The maximum Gasteiger partial charge on any atom is 0.130 e. The SMILES string of the molecule is Cc1ccc2c(c1)c1c(n2-c2ccccc2)CCC(c2ccc3c(c2)C2CC(c4ccc5c(c4)c4cc(C)ccc4n5-c4ccccc4)=CC=C2O3)=C1. The summed E-state index contributed by atoms with van der Waals surface area (Å²) in [5, 5.41) is 3.92. The molecule has 11 rings (SSSR count). The third kappa shape index (κ3) is 4.73. The number of rotatable bonds is 4. The molecule has 0 saturated heterocycles. The van der Waals surface area contributed by atoms with Gasteiger partial charge in [0.2, 0.25) is 0 Å². The topological polar surface area (TPSA) is 19.1 Å². The van der Waals surface area contributed by atoms with Gasteiger partial charge in [0.25, 0.3) is 0 Å². The average molecular weight is 683 g/mol. The molecule has 254 valence electrons. The fourth-order valence-electron chi connectivity index (χ4n) is 9.19. The summed E-state index contributed by atoms with van der Waals surface area (Å²) < 4.78 is 11.4.